The zero-order valence-corrected chi connectivity index (χ0v) is 11.0. The molecule has 1 aromatic carbocycles. The lowest BCUT2D eigenvalue weighted by molar-refractivity contribution is 0.157. The van der Waals surface area contributed by atoms with Gasteiger partial charge in [0.2, 0.25) is 0 Å². The van der Waals surface area contributed by atoms with Gasteiger partial charge in [0, 0.05) is 7.05 Å². The molecule has 1 unspecified atom stereocenters. The fourth-order valence-electron chi connectivity index (χ4n) is 2.81. The minimum absolute atomic E-state index is 0.0991. The minimum Gasteiger partial charge on any atom is -0.394 e. The molecule has 5 nitrogen and oxygen atoms in total. The molecule has 3 rings (SSSR count). The maximum Gasteiger partial charge on any atom is 0.146 e. The molecular weight excluding hydrogens is 240 g/mol. The average molecular weight is 258 g/mol. The second kappa shape index (κ2) is 4.75. The minimum atomic E-state index is -0.345. The van der Waals surface area contributed by atoms with Gasteiger partial charge in [0.05, 0.1) is 18.7 Å². The van der Waals surface area contributed by atoms with E-state index in [9.17, 15) is 5.11 Å². The lowest BCUT2D eigenvalue weighted by Crippen LogP contribution is -2.43. The van der Waals surface area contributed by atoms with E-state index in [0.717, 1.165) is 18.7 Å². The second-order valence-corrected chi connectivity index (χ2v) is 5.11. The van der Waals surface area contributed by atoms with Crippen LogP contribution in [0.3, 0.4) is 0 Å². The summed E-state index contributed by atoms with van der Waals surface area (Å²) in [5.74, 6) is 0.872. The molecule has 0 spiro atoms. The number of hydrogen-bond donors (Lipinski definition) is 2. The van der Waals surface area contributed by atoms with Crippen molar-refractivity contribution >= 4 is 0 Å². The normalized spacial score (nSPS) is 21.6. The van der Waals surface area contributed by atoms with Crippen molar-refractivity contribution in [3.05, 3.63) is 47.5 Å². The van der Waals surface area contributed by atoms with Gasteiger partial charge in [-0.05, 0) is 24.0 Å². The Labute approximate surface area is 112 Å². The van der Waals surface area contributed by atoms with Gasteiger partial charge in [-0.3, -0.25) is 5.32 Å². The summed E-state index contributed by atoms with van der Waals surface area (Å²) >= 11 is 0. The van der Waals surface area contributed by atoms with E-state index < -0.39 is 0 Å². The van der Waals surface area contributed by atoms with Crippen LogP contribution in [0.1, 0.15) is 23.4 Å². The molecule has 0 saturated heterocycles. The monoisotopic (exact) mass is 258 g/mol. The molecule has 0 radical (unpaired) electrons. The summed E-state index contributed by atoms with van der Waals surface area (Å²) in [5, 5.41) is 21.3. The molecule has 19 heavy (non-hydrogen) atoms. The zero-order chi connectivity index (χ0) is 13.3. The van der Waals surface area contributed by atoms with Crippen molar-refractivity contribution in [2.45, 2.75) is 24.9 Å². The largest absolute Gasteiger partial charge is 0.394 e. The Hall–Kier alpha value is -1.72. The van der Waals surface area contributed by atoms with Gasteiger partial charge in [-0.2, -0.15) is 0 Å². The highest BCUT2D eigenvalue weighted by Crippen LogP contribution is 2.36. The van der Waals surface area contributed by atoms with Gasteiger partial charge in [-0.25, -0.2) is 0 Å². The third-order valence-corrected chi connectivity index (χ3v) is 4.01. The lowest BCUT2D eigenvalue weighted by Gasteiger charge is -2.29. The smallest absolute Gasteiger partial charge is 0.146 e. The van der Waals surface area contributed by atoms with Crippen molar-refractivity contribution in [2.24, 2.45) is 7.05 Å². The molecule has 1 aromatic heterocycles. The predicted molar refractivity (Wildman–Crippen MR) is 71.4 cm³/mol. The Morgan fingerprint density at radius 1 is 1.42 bits per heavy atom. The summed E-state index contributed by atoms with van der Waals surface area (Å²) in [6.45, 7) is 0.702. The van der Waals surface area contributed by atoms with E-state index >= 15 is 0 Å². The standard InChI is InChI=1S/C14H18N4O/c1-18-10-16-17-13(18)8-15-14(9-19)7-6-11-4-2-3-5-12(11)14/h2-5,10,15,19H,6-9H2,1H3. The maximum absolute atomic E-state index is 9.86. The van der Waals surface area contributed by atoms with Crippen LogP contribution in [-0.4, -0.2) is 26.5 Å². The molecule has 1 atom stereocenters. The molecule has 1 heterocycles. The quantitative estimate of drug-likeness (QED) is 0.849. The van der Waals surface area contributed by atoms with Crippen molar-refractivity contribution < 1.29 is 5.11 Å². The van der Waals surface area contributed by atoms with Crippen molar-refractivity contribution in [1.29, 1.82) is 0 Å². The average Bonchev–Trinajstić information content (AvgIpc) is 3.01. The van der Waals surface area contributed by atoms with Crippen LogP contribution in [0.2, 0.25) is 0 Å². The van der Waals surface area contributed by atoms with Crippen molar-refractivity contribution in [3.8, 4) is 0 Å². The Bertz CT molecular complexity index is 580. The molecule has 0 saturated carbocycles. The van der Waals surface area contributed by atoms with Gasteiger partial charge in [-0.15, -0.1) is 10.2 Å². The molecule has 0 aliphatic heterocycles. The van der Waals surface area contributed by atoms with Crippen molar-refractivity contribution in [1.82, 2.24) is 20.1 Å². The summed E-state index contributed by atoms with van der Waals surface area (Å²) in [7, 11) is 1.92. The van der Waals surface area contributed by atoms with Gasteiger partial charge in [0.25, 0.3) is 0 Å². The fourth-order valence-corrected chi connectivity index (χ4v) is 2.81. The number of aliphatic hydroxyl groups excluding tert-OH is 1. The zero-order valence-electron chi connectivity index (χ0n) is 11.0. The molecule has 0 fully saturated rings. The molecule has 100 valence electrons. The van der Waals surface area contributed by atoms with Crippen LogP contribution in [-0.2, 0) is 25.6 Å². The van der Waals surface area contributed by atoms with Gasteiger partial charge < -0.3 is 9.67 Å². The molecular formula is C14H18N4O. The summed E-state index contributed by atoms with van der Waals surface area (Å²) in [5.41, 5.74) is 2.18. The third-order valence-electron chi connectivity index (χ3n) is 4.01. The van der Waals surface area contributed by atoms with Crippen LogP contribution in [0, 0.1) is 0 Å². The summed E-state index contributed by atoms with van der Waals surface area (Å²) in [6.07, 6.45) is 3.61. The molecule has 0 amide bonds. The van der Waals surface area contributed by atoms with Crippen LogP contribution in [0.25, 0.3) is 0 Å². The molecule has 5 heteroatoms. The van der Waals surface area contributed by atoms with Crippen molar-refractivity contribution in [3.63, 3.8) is 0 Å². The van der Waals surface area contributed by atoms with E-state index in [1.165, 1.54) is 11.1 Å². The van der Waals surface area contributed by atoms with Crippen LogP contribution >= 0.6 is 0 Å². The van der Waals surface area contributed by atoms with Gasteiger partial charge in [-0.1, -0.05) is 24.3 Å². The summed E-state index contributed by atoms with van der Waals surface area (Å²) in [4.78, 5) is 0. The highest BCUT2D eigenvalue weighted by atomic mass is 16.3. The van der Waals surface area contributed by atoms with Crippen LogP contribution < -0.4 is 5.32 Å². The first kappa shape index (κ1) is 12.3. The van der Waals surface area contributed by atoms with Crippen LogP contribution in [0.5, 0.6) is 0 Å². The van der Waals surface area contributed by atoms with Crippen molar-refractivity contribution in [2.75, 3.05) is 6.61 Å². The number of fused-ring (bicyclic) bond motifs is 1. The number of rotatable bonds is 4. The highest BCUT2D eigenvalue weighted by Gasteiger charge is 2.37. The summed E-state index contributed by atoms with van der Waals surface area (Å²) < 4.78 is 1.89. The first-order valence-electron chi connectivity index (χ1n) is 6.52. The third kappa shape index (κ3) is 2.05. The Morgan fingerprint density at radius 2 is 2.26 bits per heavy atom. The maximum atomic E-state index is 9.86. The van der Waals surface area contributed by atoms with Gasteiger partial charge in [0.15, 0.2) is 0 Å². The number of hydrogen-bond acceptors (Lipinski definition) is 4. The number of aryl methyl sites for hydroxylation is 2. The number of nitrogens with zero attached hydrogens (tertiary/aromatic N) is 3. The van der Waals surface area contributed by atoms with E-state index in [-0.39, 0.29) is 12.1 Å². The Morgan fingerprint density at radius 3 is 3.00 bits per heavy atom. The first-order valence-corrected chi connectivity index (χ1v) is 6.52. The fraction of sp³-hybridized carbons (Fsp3) is 0.429. The number of aromatic nitrogens is 3. The molecule has 2 aromatic rings. The lowest BCUT2D eigenvalue weighted by atomic mass is 9.92. The van der Waals surface area contributed by atoms with Crippen LogP contribution in [0.15, 0.2) is 30.6 Å². The van der Waals surface area contributed by atoms with Gasteiger partial charge >= 0.3 is 0 Å². The van der Waals surface area contributed by atoms with E-state index in [4.69, 9.17) is 0 Å². The Kier molecular flexibility index (Phi) is 3.08. The SMILES string of the molecule is Cn1cnnc1CNC1(CO)CCc2ccccc21. The predicted octanol–water partition coefficient (Wildman–Crippen LogP) is 0.739. The van der Waals surface area contributed by atoms with E-state index in [1.807, 2.05) is 17.7 Å². The Balaban J connectivity index is 1.84. The van der Waals surface area contributed by atoms with E-state index in [2.05, 4.69) is 33.7 Å². The second-order valence-electron chi connectivity index (χ2n) is 5.11. The van der Waals surface area contributed by atoms with Gasteiger partial charge in [0.1, 0.15) is 12.2 Å². The van der Waals surface area contributed by atoms with E-state index in [0.29, 0.717) is 6.54 Å². The topological polar surface area (TPSA) is 63.0 Å². The van der Waals surface area contributed by atoms with E-state index in [1.54, 1.807) is 6.33 Å². The number of aliphatic hydroxyl groups is 1. The summed E-state index contributed by atoms with van der Waals surface area (Å²) in [6, 6.07) is 8.31. The first-order chi connectivity index (χ1) is 9.25. The molecule has 0 bridgehead atoms. The van der Waals surface area contributed by atoms with Crippen LogP contribution in [0.4, 0.5) is 0 Å². The molecule has 1 aliphatic carbocycles. The number of nitrogens with one attached hydrogen (secondary N) is 1. The molecule has 1 aliphatic rings. The molecule has 2 N–H and O–H groups in total. The number of benzene rings is 1. The highest BCUT2D eigenvalue weighted by molar-refractivity contribution is 5.38.